The molecule has 2 rings (SSSR count). The first-order valence-corrected chi connectivity index (χ1v) is 5.96. The van der Waals surface area contributed by atoms with Crippen molar-refractivity contribution in [1.82, 2.24) is 9.55 Å². The van der Waals surface area contributed by atoms with Crippen molar-refractivity contribution in [3.8, 4) is 0 Å². The van der Waals surface area contributed by atoms with E-state index >= 15 is 0 Å². The highest BCUT2D eigenvalue weighted by atomic mass is 16.5. The van der Waals surface area contributed by atoms with E-state index in [1.807, 2.05) is 32.0 Å². The van der Waals surface area contributed by atoms with E-state index in [9.17, 15) is 0 Å². The Morgan fingerprint density at radius 2 is 2.18 bits per heavy atom. The molecule has 0 radical (unpaired) electrons. The molecule has 0 bridgehead atoms. The van der Waals surface area contributed by atoms with Gasteiger partial charge in [0.2, 0.25) is 0 Å². The van der Waals surface area contributed by atoms with Gasteiger partial charge in [0, 0.05) is 13.1 Å². The van der Waals surface area contributed by atoms with Gasteiger partial charge in [0.15, 0.2) is 0 Å². The molecule has 4 nitrogen and oxygen atoms in total. The van der Waals surface area contributed by atoms with Crippen molar-refractivity contribution >= 4 is 11.0 Å². The summed E-state index contributed by atoms with van der Waals surface area (Å²) in [5, 5.41) is 0. The van der Waals surface area contributed by atoms with E-state index < -0.39 is 0 Å². The van der Waals surface area contributed by atoms with Crippen LogP contribution in [-0.4, -0.2) is 28.8 Å². The fourth-order valence-electron chi connectivity index (χ4n) is 1.89. The maximum atomic E-state index is 5.59. The van der Waals surface area contributed by atoms with E-state index in [2.05, 4.69) is 15.6 Å². The summed E-state index contributed by atoms with van der Waals surface area (Å²) in [5.41, 5.74) is 7.71. The molecule has 0 aliphatic rings. The van der Waals surface area contributed by atoms with Gasteiger partial charge < -0.3 is 15.0 Å². The number of aryl methyl sites for hydroxylation is 1. The molecule has 0 amide bonds. The van der Waals surface area contributed by atoms with Gasteiger partial charge in [-0.2, -0.15) is 0 Å². The van der Waals surface area contributed by atoms with Crippen LogP contribution < -0.4 is 5.73 Å². The molecule has 1 aromatic carbocycles. The molecular formula is C13H19N3O. The van der Waals surface area contributed by atoms with E-state index in [1.165, 1.54) is 0 Å². The van der Waals surface area contributed by atoms with E-state index in [-0.39, 0.29) is 6.10 Å². The summed E-state index contributed by atoms with van der Waals surface area (Å²) in [5.74, 6) is 1.02. The second kappa shape index (κ2) is 5.29. The van der Waals surface area contributed by atoms with Gasteiger partial charge in [0.05, 0.1) is 23.7 Å². The molecule has 0 aliphatic carbocycles. The van der Waals surface area contributed by atoms with Crippen LogP contribution in [0.4, 0.5) is 0 Å². The Labute approximate surface area is 101 Å². The largest absolute Gasteiger partial charge is 0.375 e. The standard InChI is InChI=1S/C13H19N3O/c1-10(9-14)17-8-7-16-11(2)15-12-5-3-4-6-13(12)16/h3-6,10H,7-9,14H2,1-2H3. The third-order valence-corrected chi connectivity index (χ3v) is 2.89. The zero-order valence-electron chi connectivity index (χ0n) is 10.4. The monoisotopic (exact) mass is 233 g/mol. The van der Waals surface area contributed by atoms with Gasteiger partial charge in [0.1, 0.15) is 5.82 Å². The second-order valence-corrected chi connectivity index (χ2v) is 4.22. The highest BCUT2D eigenvalue weighted by Gasteiger charge is 2.06. The van der Waals surface area contributed by atoms with Crippen LogP contribution in [-0.2, 0) is 11.3 Å². The summed E-state index contributed by atoms with van der Waals surface area (Å²) in [4.78, 5) is 4.51. The lowest BCUT2D eigenvalue weighted by Gasteiger charge is -2.12. The molecule has 1 aromatic heterocycles. The Bertz CT molecular complexity index is 492. The molecule has 2 N–H and O–H groups in total. The number of benzene rings is 1. The molecule has 4 heteroatoms. The summed E-state index contributed by atoms with van der Waals surface area (Å²) in [6.45, 7) is 6.05. The highest BCUT2D eigenvalue weighted by molar-refractivity contribution is 5.75. The van der Waals surface area contributed by atoms with Crippen molar-refractivity contribution < 1.29 is 4.74 Å². The summed E-state index contributed by atoms with van der Waals surface area (Å²) >= 11 is 0. The molecule has 1 atom stereocenters. The summed E-state index contributed by atoms with van der Waals surface area (Å²) in [7, 11) is 0. The van der Waals surface area contributed by atoms with Crippen LogP contribution in [0.1, 0.15) is 12.7 Å². The Morgan fingerprint density at radius 3 is 2.94 bits per heavy atom. The fourth-order valence-corrected chi connectivity index (χ4v) is 1.89. The summed E-state index contributed by atoms with van der Waals surface area (Å²) in [6, 6.07) is 8.15. The van der Waals surface area contributed by atoms with E-state index in [0.29, 0.717) is 13.2 Å². The molecule has 0 saturated carbocycles. The number of para-hydroxylation sites is 2. The number of fused-ring (bicyclic) bond motifs is 1. The van der Waals surface area contributed by atoms with Gasteiger partial charge in [-0.05, 0) is 26.0 Å². The maximum absolute atomic E-state index is 5.59. The van der Waals surface area contributed by atoms with Crippen molar-refractivity contribution in [1.29, 1.82) is 0 Å². The minimum Gasteiger partial charge on any atom is -0.375 e. The topological polar surface area (TPSA) is 53.1 Å². The van der Waals surface area contributed by atoms with Crippen molar-refractivity contribution in [2.24, 2.45) is 5.73 Å². The predicted octanol–water partition coefficient (Wildman–Crippen LogP) is 1.71. The van der Waals surface area contributed by atoms with E-state index in [0.717, 1.165) is 23.4 Å². The van der Waals surface area contributed by atoms with Crippen LogP contribution >= 0.6 is 0 Å². The third-order valence-electron chi connectivity index (χ3n) is 2.89. The molecule has 1 heterocycles. The average Bonchev–Trinajstić information content (AvgIpc) is 2.66. The quantitative estimate of drug-likeness (QED) is 0.855. The lowest BCUT2D eigenvalue weighted by Crippen LogP contribution is -2.22. The van der Waals surface area contributed by atoms with Crippen molar-refractivity contribution in [3.05, 3.63) is 30.1 Å². The summed E-state index contributed by atoms with van der Waals surface area (Å²) < 4.78 is 7.77. The Hall–Kier alpha value is -1.39. The number of hydrogen-bond acceptors (Lipinski definition) is 3. The molecule has 17 heavy (non-hydrogen) atoms. The van der Waals surface area contributed by atoms with Crippen molar-refractivity contribution in [2.45, 2.75) is 26.5 Å². The normalized spacial score (nSPS) is 13.1. The van der Waals surface area contributed by atoms with Crippen LogP contribution in [0, 0.1) is 6.92 Å². The minimum absolute atomic E-state index is 0.116. The van der Waals surface area contributed by atoms with E-state index in [1.54, 1.807) is 0 Å². The number of ether oxygens (including phenoxy) is 1. The first-order chi connectivity index (χ1) is 8.22. The lowest BCUT2D eigenvalue weighted by atomic mass is 10.3. The van der Waals surface area contributed by atoms with Gasteiger partial charge in [-0.15, -0.1) is 0 Å². The van der Waals surface area contributed by atoms with Crippen LogP contribution in [0.2, 0.25) is 0 Å². The van der Waals surface area contributed by atoms with Gasteiger partial charge in [-0.3, -0.25) is 0 Å². The third kappa shape index (κ3) is 2.65. The molecule has 1 unspecified atom stereocenters. The Kier molecular flexibility index (Phi) is 3.76. The number of hydrogen-bond donors (Lipinski definition) is 1. The fraction of sp³-hybridized carbons (Fsp3) is 0.462. The van der Waals surface area contributed by atoms with Crippen LogP contribution in [0.15, 0.2) is 24.3 Å². The molecule has 0 fully saturated rings. The molecule has 92 valence electrons. The molecule has 0 saturated heterocycles. The Balaban J connectivity index is 2.10. The van der Waals surface area contributed by atoms with Crippen LogP contribution in [0.3, 0.4) is 0 Å². The minimum atomic E-state index is 0.116. The van der Waals surface area contributed by atoms with Gasteiger partial charge >= 0.3 is 0 Å². The lowest BCUT2D eigenvalue weighted by molar-refractivity contribution is 0.0663. The smallest absolute Gasteiger partial charge is 0.106 e. The zero-order chi connectivity index (χ0) is 12.3. The number of rotatable bonds is 5. The maximum Gasteiger partial charge on any atom is 0.106 e. The number of aromatic nitrogens is 2. The zero-order valence-corrected chi connectivity index (χ0v) is 10.4. The van der Waals surface area contributed by atoms with Gasteiger partial charge in [-0.25, -0.2) is 4.98 Å². The molecular weight excluding hydrogens is 214 g/mol. The molecule has 0 aliphatic heterocycles. The average molecular weight is 233 g/mol. The van der Waals surface area contributed by atoms with Crippen molar-refractivity contribution in [2.75, 3.05) is 13.2 Å². The van der Waals surface area contributed by atoms with Crippen LogP contribution in [0.5, 0.6) is 0 Å². The first kappa shape index (κ1) is 12.1. The van der Waals surface area contributed by atoms with Crippen LogP contribution in [0.25, 0.3) is 11.0 Å². The first-order valence-electron chi connectivity index (χ1n) is 5.96. The highest BCUT2D eigenvalue weighted by Crippen LogP contribution is 2.15. The van der Waals surface area contributed by atoms with Gasteiger partial charge in [-0.1, -0.05) is 12.1 Å². The Morgan fingerprint density at radius 1 is 1.41 bits per heavy atom. The van der Waals surface area contributed by atoms with Gasteiger partial charge in [0.25, 0.3) is 0 Å². The van der Waals surface area contributed by atoms with E-state index in [4.69, 9.17) is 10.5 Å². The molecule has 0 spiro atoms. The predicted molar refractivity (Wildman–Crippen MR) is 68.9 cm³/mol. The molecule has 2 aromatic rings. The van der Waals surface area contributed by atoms with Crippen molar-refractivity contribution in [3.63, 3.8) is 0 Å². The number of nitrogens with two attached hydrogens (primary N) is 1. The SMILES string of the molecule is Cc1nc2ccccc2n1CCOC(C)CN. The summed E-state index contributed by atoms with van der Waals surface area (Å²) in [6.07, 6.45) is 0.116. The number of nitrogens with zero attached hydrogens (tertiary/aromatic N) is 2. The second-order valence-electron chi connectivity index (χ2n) is 4.22. The number of imidazole rings is 1.